The fourth-order valence-electron chi connectivity index (χ4n) is 2.37. The minimum atomic E-state index is -0.220. The number of amides is 2. The zero-order chi connectivity index (χ0) is 14.5. The number of rotatable bonds is 4. The Morgan fingerprint density at radius 1 is 1.45 bits per heavy atom. The van der Waals surface area contributed by atoms with E-state index in [0.717, 1.165) is 17.7 Å². The van der Waals surface area contributed by atoms with E-state index in [4.69, 9.17) is 5.84 Å². The van der Waals surface area contributed by atoms with Crippen LogP contribution in [0.5, 0.6) is 0 Å². The van der Waals surface area contributed by atoms with E-state index in [2.05, 4.69) is 15.6 Å². The smallest absolute Gasteiger partial charge is 0.238 e. The number of benzene rings is 1. The monoisotopic (exact) mass is 276 g/mol. The van der Waals surface area contributed by atoms with Crippen molar-refractivity contribution in [3.63, 3.8) is 0 Å². The van der Waals surface area contributed by atoms with E-state index < -0.39 is 0 Å². The Balaban J connectivity index is 2.12. The van der Waals surface area contributed by atoms with Crippen LogP contribution in [0.1, 0.15) is 18.1 Å². The van der Waals surface area contributed by atoms with Gasteiger partial charge in [0.15, 0.2) is 0 Å². The second kappa shape index (κ2) is 6.49. The summed E-state index contributed by atoms with van der Waals surface area (Å²) in [6, 6.07) is 7.58. The minimum Gasteiger partial charge on any atom is -0.353 e. The van der Waals surface area contributed by atoms with Gasteiger partial charge in [-0.3, -0.25) is 19.9 Å². The normalized spacial score (nSPS) is 19.5. The van der Waals surface area contributed by atoms with E-state index in [-0.39, 0.29) is 24.3 Å². The van der Waals surface area contributed by atoms with Crippen LogP contribution in [0.4, 0.5) is 0 Å². The fraction of sp³-hybridized carbons (Fsp3) is 0.429. The highest BCUT2D eigenvalue weighted by Crippen LogP contribution is 2.15. The Morgan fingerprint density at radius 3 is 2.85 bits per heavy atom. The lowest BCUT2D eigenvalue weighted by Gasteiger charge is -2.33. The molecular weight excluding hydrogens is 256 g/mol. The average Bonchev–Trinajstić information content (AvgIpc) is 2.45. The summed E-state index contributed by atoms with van der Waals surface area (Å²) in [4.78, 5) is 25.2. The SMILES string of the molecule is CC1C(=O)NCCN1Cc1ccccc1CC(=O)NN. The van der Waals surface area contributed by atoms with E-state index in [9.17, 15) is 9.59 Å². The van der Waals surface area contributed by atoms with E-state index in [1.165, 1.54) is 0 Å². The molecule has 1 aromatic carbocycles. The predicted molar refractivity (Wildman–Crippen MR) is 75.4 cm³/mol. The first kappa shape index (κ1) is 14.5. The lowest BCUT2D eigenvalue weighted by atomic mass is 10.0. The molecule has 1 saturated heterocycles. The van der Waals surface area contributed by atoms with Crippen LogP contribution in [0.25, 0.3) is 0 Å². The molecule has 4 N–H and O–H groups in total. The van der Waals surface area contributed by atoms with Crippen LogP contribution < -0.4 is 16.6 Å². The quantitative estimate of drug-likeness (QED) is 0.394. The molecule has 1 aliphatic heterocycles. The zero-order valence-corrected chi connectivity index (χ0v) is 11.6. The van der Waals surface area contributed by atoms with Crippen LogP contribution in [-0.2, 0) is 22.6 Å². The molecule has 1 fully saturated rings. The van der Waals surface area contributed by atoms with Gasteiger partial charge in [-0.25, -0.2) is 5.84 Å². The molecule has 1 heterocycles. The topological polar surface area (TPSA) is 87.5 Å². The summed E-state index contributed by atoms with van der Waals surface area (Å²) >= 11 is 0. The number of nitrogens with one attached hydrogen (secondary N) is 2. The molecule has 20 heavy (non-hydrogen) atoms. The summed E-state index contributed by atoms with van der Waals surface area (Å²) in [7, 11) is 0. The maximum absolute atomic E-state index is 11.7. The van der Waals surface area contributed by atoms with Gasteiger partial charge in [-0.2, -0.15) is 0 Å². The third kappa shape index (κ3) is 3.34. The number of hydrogen-bond donors (Lipinski definition) is 3. The lowest BCUT2D eigenvalue weighted by molar-refractivity contribution is -0.128. The number of carbonyl (C=O) groups excluding carboxylic acids is 2. The van der Waals surface area contributed by atoms with Crippen molar-refractivity contribution < 1.29 is 9.59 Å². The van der Waals surface area contributed by atoms with E-state index in [1.54, 1.807) is 0 Å². The van der Waals surface area contributed by atoms with Crippen molar-refractivity contribution in [2.24, 2.45) is 5.84 Å². The van der Waals surface area contributed by atoms with Gasteiger partial charge >= 0.3 is 0 Å². The van der Waals surface area contributed by atoms with Crippen LogP contribution in [0, 0.1) is 0 Å². The maximum atomic E-state index is 11.7. The number of piperazine rings is 1. The van der Waals surface area contributed by atoms with Crippen molar-refractivity contribution >= 4 is 11.8 Å². The summed E-state index contributed by atoms with van der Waals surface area (Å²) < 4.78 is 0. The van der Waals surface area contributed by atoms with Gasteiger partial charge in [0.25, 0.3) is 0 Å². The Hall–Kier alpha value is -1.92. The molecule has 108 valence electrons. The van der Waals surface area contributed by atoms with Crippen LogP contribution in [0.15, 0.2) is 24.3 Å². The van der Waals surface area contributed by atoms with Crippen LogP contribution in [-0.4, -0.2) is 35.8 Å². The highest BCUT2D eigenvalue weighted by Gasteiger charge is 2.25. The molecule has 0 saturated carbocycles. The molecule has 0 aliphatic carbocycles. The number of hydrogen-bond acceptors (Lipinski definition) is 4. The predicted octanol–water partition coefficient (Wildman–Crippen LogP) is -0.461. The first-order valence-corrected chi connectivity index (χ1v) is 6.70. The number of hydrazine groups is 1. The van der Waals surface area contributed by atoms with Gasteiger partial charge in [0, 0.05) is 19.6 Å². The largest absolute Gasteiger partial charge is 0.353 e. The van der Waals surface area contributed by atoms with Crippen molar-refractivity contribution in [1.82, 2.24) is 15.6 Å². The number of nitrogens with two attached hydrogens (primary N) is 1. The first-order chi connectivity index (χ1) is 9.61. The van der Waals surface area contributed by atoms with Crippen LogP contribution in [0.3, 0.4) is 0 Å². The molecule has 2 amide bonds. The van der Waals surface area contributed by atoms with Crippen molar-refractivity contribution in [3.05, 3.63) is 35.4 Å². The molecule has 1 aliphatic rings. The Morgan fingerprint density at radius 2 is 2.15 bits per heavy atom. The number of nitrogens with zero attached hydrogens (tertiary/aromatic N) is 1. The van der Waals surface area contributed by atoms with Gasteiger partial charge in [0.2, 0.25) is 11.8 Å². The molecule has 6 nitrogen and oxygen atoms in total. The summed E-state index contributed by atoms with van der Waals surface area (Å²) in [5.41, 5.74) is 4.14. The van der Waals surface area contributed by atoms with Gasteiger partial charge < -0.3 is 5.32 Å². The van der Waals surface area contributed by atoms with Crippen LogP contribution in [0.2, 0.25) is 0 Å². The number of carbonyl (C=O) groups is 2. The highest BCUT2D eigenvalue weighted by molar-refractivity contribution is 5.82. The molecule has 0 radical (unpaired) electrons. The molecule has 6 heteroatoms. The van der Waals surface area contributed by atoms with Gasteiger partial charge in [-0.05, 0) is 18.1 Å². The Labute approximate surface area is 118 Å². The molecule has 1 unspecified atom stereocenters. The fourth-order valence-corrected chi connectivity index (χ4v) is 2.37. The third-order valence-electron chi connectivity index (χ3n) is 3.63. The van der Waals surface area contributed by atoms with Crippen molar-refractivity contribution in [1.29, 1.82) is 0 Å². The minimum absolute atomic E-state index is 0.0495. The van der Waals surface area contributed by atoms with Gasteiger partial charge in [0.1, 0.15) is 0 Å². The highest BCUT2D eigenvalue weighted by atomic mass is 16.2. The van der Waals surface area contributed by atoms with E-state index >= 15 is 0 Å². The van der Waals surface area contributed by atoms with E-state index in [0.29, 0.717) is 13.1 Å². The molecular formula is C14H20N4O2. The molecule has 1 aromatic rings. The van der Waals surface area contributed by atoms with Crippen molar-refractivity contribution in [2.45, 2.75) is 25.9 Å². The maximum Gasteiger partial charge on any atom is 0.238 e. The average molecular weight is 276 g/mol. The van der Waals surface area contributed by atoms with Crippen LogP contribution >= 0.6 is 0 Å². The van der Waals surface area contributed by atoms with Gasteiger partial charge in [0.05, 0.1) is 12.5 Å². The Bertz CT molecular complexity index is 504. The third-order valence-corrected chi connectivity index (χ3v) is 3.63. The second-order valence-corrected chi connectivity index (χ2v) is 4.95. The molecule has 0 aromatic heterocycles. The second-order valence-electron chi connectivity index (χ2n) is 4.95. The molecule has 0 spiro atoms. The van der Waals surface area contributed by atoms with E-state index in [1.807, 2.05) is 31.2 Å². The Kier molecular flexibility index (Phi) is 4.70. The molecule has 1 atom stereocenters. The first-order valence-electron chi connectivity index (χ1n) is 6.70. The van der Waals surface area contributed by atoms with Gasteiger partial charge in [-0.15, -0.1) is 0 Å². The summed E-state index contributed by atoms with van der Waals surface area (Å²) in [5, 5.41) is 2.84. The van der Waals surface area contributed by atoms with Crippen molar-refractivity contribution in [3.8, 4) is 0 Å². The standard InChI is InChI=1S/C14H20N4O2/c1-10-14(20)16-6-7-18(10)9-12-5-3-2-4-11(12)8-13(19)17-15/h2-5,10H,6-9,15H2,1H3,(H,16,20)(H,17,19). The molecule has 2 rings (SSSR count). The summed E-state index contributed by atoms with van der Waals surface area (Å²) in [6.45, 7) is 4.02. The summed E-state index contributed by atoms with van der Waals surface area (Å²) in [5.74, 6) is 4.96. The van der Waals surface area contributed by atoms with Gasteiger partial charge in [-0.1, -0.05) is 24.3 Å². The van der Waals surface area contributed by atoms with Crippen molar-refractivity contribution in [2.75, 3.05) is 13.1 Å². The lowest BCUT2D eigenvalue weighted by Crippen LogP contribution is -2.53. The summed E-state index contributed by atoms with van der Waals surface area (Å²) in [6.07, 6.45) is 0.251. The zero-order valence-electron chi connectivity index (χ0n) is 11.6. The molecule has 0 bridgehead atoms.